The molecule has 1 saturated heterocycles. The van der Waals surface area contributed by atoms with E-state index in [1.165, 1.54) is 12.8 Å². The molecule has 0 aromatic carbocycles. The first-order valence-electron chi connectivity index (χ1n) is 8.38. The van der Waals surface area contributed by atoms with Crippen molar-refractivity contribution in [1.82, 2.24) is 10.6 Å². The molecule has 0 aromatic rings. The molecule has 1 unspecified atom stereocenters. The van der Waals surface area contributed by atoms with Crippen molar-refractivity contribution < 1.29 is 19.4 Å². The zero-order valence-corrected chi connectivity index (χ0v) is 12.8. The number of carbonyl (C=O) groups excluding carboxylic acids is 1. The van der Waals surface area contributed by atoms with E-state index in [1.54, 1.807) is 0 Å². The van der Waals surface area contributed by atoms with Crippen molar-refractivity contribution in [2.24, 2.45) is 10.8 Å². The van der Waals surface area contributed by atoms with Crippen molar-refractivity contribution in [1.29, 1.82) is 0 Å². The van der Waals surface area contributed by atoms with E-state index in [0.29, 0.717) is 25.9 Å². The SMILES string of the molecule is O=C(NC1CCOCC12CCCC2)NC12CC(C(=O)O)(C1)C2. The number of carboxylic acid groups (broad SMARTS) is 1. The monoisotopic (exact) mass is 308 g/mol. The van der Waals surface area contributed by atoms with Gasteiger partial charge in [0.15, 0.2) is 0 Å². The lowest BCUT2D eigenvalue weighted by molar-refractivity contribution is -0.196. The summed E-state index contributed by atoms with van der Waals surface area (Å²) in [5.41, 5.74) is -0.674. The second kappa shape index (κ2) is 4.60. The standard InChI is InChI=1S/C16H24N2O4/c19-12(20)15-7-16(8-15,9-15)18-13(21)17-11-3-6-22-10-14(11)4-1-2-5-14/h11H,1-10H2,(H,19,20)(H2,17,18,21). The molecule has 4 aliphatic carbocycles. The number of aliphatic carboxylic acids is 1. The van der Waals surface area contributed by atoms with Gasteiger partial charge in [-0.2, -0.15) is 0 Å². The van der Waals surface area contributed by atoms with E-state index < -0.39 is 11.4 Å². The summed E-state index contributed by atoms with van der Waals surface area (Å²) in [7, 11) is 0. The van der Waals surface area contributed by atoms with Gasteiger partial charge in [-0.05, 0) is 38.5 Å². The lowest BCUT2D eigenvalue weighted by Gasteiger charge is -2.67. The van der Waals surface area contributed by atoms with Gasteiger partial charge >= 0.3 is 12.0 Å². The Labute approximate surface area is 130 Å². The van der Waals surface area contributed by atoms with Crippen LogP contribution < -0.4 is 10.6 Å². The first-order chi connectivity index (χ1) is 10.5. The topological polar surface area (TPSA) is 87.7 Å². The number of nitrogens with one attached hydrogen (secondary N) is 2. The molecule has 1 heterocycles. The summed E-state index contributed by atoms with van der Waals surface area (Å²) in [6, 6.07) is 0.0568. The van der Waals surface area contributed by atoms with Gasteiger partial charge in [-0.1, -0.05) is 12.8 Å². The van der Waals surface area contributed by atoms with Crippen LogP contribution in [-0.4, -0.2) is 41.9 Å². The highest BCUT2D eigenvalue weighted by molar-refractivity contribution is 5.83. The van der Waals surface area contributed by atoms with Gasteiger partial charge in [-0.3, -0.25) is 4.79 Å². The van der Waals surface area contributed by atoms with Crippen LogP contribution in [-0.2, 0) is 9.53 Å². The summed E-state index contributed by atoms with van der Waals surface area (Å²) >= 11 is 0. The molecule has 22 heavy (non-hydrogen) atoms. The van der Waals surface area contributed by atoms with E-state index in [0.717, 1.165) is 25.9 Å². The minimum absolute atomic E-state index is 0.122. The highest BCUT2D eigenvalue weighted by Crippen LogP contribution is 2.67. The first-order valence-corrected chi connectivity index (χ1v) is 8.38. The third-order valence-electron chi connectivity index (χ3n) is 6.45. The van der Waals surface area contributed by atoms with E-state index in [1.807, 2.05) is 0 Å². The Kier molecular flexibility index (Phi) is 2.99. The molecule has 6 nitrogen and oxygen atoms in total. The summed E-state index contributed by atoms with van der Waals surface area (Å²) in [6.45, 7) is 1.46. The first kappa shape index (κ1) is 14.3. The molecule has 6 heteroatoms. The molecule has 5 aliphatic rings. The molecule has 5 rings (SSSR count). The van der Waals surface area contributed by atoms with E-state index in [9.17, 15) is 9.59 Å². The minimum Gasteiger partial charge on any atom is -0.481 e. The third-order valence-corrected chi connectivity index (χ3v) is 6.45. The van der Waals surface area contributed by atoms with Crippen molar-refractivity contribution in [3.8, 4) is 0 Å². The lowest BCUT2D eigenvalue weighted by Crippen LogP contribution is -2.78. The van der Waals surface area contributed by atoms with Crippen molar-refractivity contribution in [2.45, 2.75) is 62.9 Å². The second-order valence-electron chi connectivity index (χ2n) is 7.96. The second-order valence-corrected chi connectivity index (χ2v) is 7.96. The quantitative estimate of drug-likeness (QED) is 0.739. The van der Waals surface area contributed by atoms with Crippen LogP contribution in [0.15, 0.2) is 0 Å². The maximum Gasteiger partial charge on any atom is 0.315 e. The van der Waals surface area contributed by atoms with Crippen LogP contribution in [0.25, 0.3) is 0 Å². The molecule has 0 radical (unpaired) electrons. The zero-order valence-electron chi connectivity index (χ0n) is 12.8. The summed E-state index contributed by atoms with van der Waals surface area (Å²) in [6.07, 6.45) is 7.32. The molecule has 2 bridgehead atoms. The van der Waals surface area contributed by atoms with Crippen LogP contribution in [0.1, 0.15) is 51.4 Å². The molecule has 3 N–H and O–H groups in total. The Bertz CT molecular complexity index is 493. The number of amides is 2. The van der Waals surface area contributed by atoms with Gasteiger partial charge < -0.3 is 20.5 Å². The molecular formula is C16H24N2O4. The van der Waals surface area contributed by atoms with Crippen molar-refractivity contribution in [3.63, 3.8) is 0 Å². The molecular weight excluding hydrogens is 284 g/mol. The molecule has 4 saturated carbocycles. The van der Waals surface area contributed by atoms with Gasteiger partial charge in [0.2, 0.25) is 0 Å². The average molecular weight is 308 g/mol. The summed E-state index contributed by atoms with van der Waals surface area (Å²) in [4.78, 5) is 23.5. The van der Waals surface area contributed by atoms with Crippen LogP contribution in [0, 0.1) is 10.8 Å². The predicted molar refractivity (Wildman–Crippen MR) is 78.4 cm³/mol. The van der Waals surface area contributed by atoms with Gasteiger partial charge in [0, 0.05) is 23.6 Å². The Morgan fingerprint density at radius 2 is 1.82 bits per heavy atom. The summed E-state index contributed by atoms with van der Waals surface area (Å²) in [5.74, 6) is -0.717. The minimum atomic E-state index is -0.717. The Morgan fingerprint density at radius 1 is 1.14 bits per heavy atom. The highest BCUT2D eigenvalue weighted by Gasteiger charge is 2.72. The van der Waals surface area contributed by atoms with E-state index in [-0.39, 0.29) is 23.0 Å². The van der Waals surface area contributed by atoms with E-state index >= 15 is 0 Å². The fourth-order valence-electron chi connectivity index (χ4n) is 5.26. The molecule has 5 fully saturated rings. The molecule has 122 valence electrons. The van der Waals surface area contributed by atoms with Crippen LogP contribution >= 0.6 is 0 Å². The van der Waals surface area contributed by atoms with Gasteiger partial charge in [0.05, 0.1) is 12.0 Å². The smallest absolute Gasteiger partial charge is 0.315 e. The van der Waals surface area contributed by atoms with Gasteiger partial charge in [-0.15, -0.1) is 0 Å². The van der Waals surface area contributed by atoms with Crippen molar-refractivity contribution in [2.75, 3.05) is 13.2 Å². The van der Waals surface area contributed by atoms with Gasteiger partial charge in [0.25, 0.3) is 0 Å². The highest BCUT2D eigenvalue weighted by atomic mass is 16.5. The summed E-state index contributed by atoms with van der Waals surface area (Å²) in [5, 5.41) is 15.3. The molecule has 2 amide bonds. The zero-order chi connectivity index (χ0) is 15.4. The lowest BCUT2D eigenvalue weighted by atomic mass is 9.39. The number of hydrogen-bond acceptors (Lipinski definition) is 3. The van der Waals surface area contributed by atoms with Gasteiger partial charge in [-0.25, -0.2) is 4.79 Å². The largest absolute Gasteiger partial charge is 0.481 e. The number of urea groups is 1. The number of hydrogen-bond donors (Lipinski definition) is 3. The predicted octanol–water partition coefficient (Wildman–Crippen LogP) is 1.64. The number of rotatable bonds is 3. The maximum absolute atomic E-state index is 12.3. The Balaban J connectivity index is 1.34. The molecule has 0 aromatic heterocycles. The van der Waals surface area contributed by atoms with E-state index in [4.69, 9.17) is 9.84 Å². The number of ether oxygens (including phenoxy) is 1. The fraction of sp³-hybridized carbons (Fsp3) is 0.875. The normalized spacial score (nSPS) is 41.4. The maximum atomic E-state index is 12.3. The summed E-state index contributed by atoms with van der Waals surface area (Å²) < 4.78 is 5.66. The van der Waals surface area contributed by atoms with Crippen LogP contribution in [0.2, 0.25) is 0 Å². The Morgan fingerprint density at radius 3 is 2.45 bits per heavy atom. The third kappa shape index (κ3) is 1.96. The Hall–Kier alpha value is -1.30. The number of carboxylic acids is 1. The molecule has 1 spiro atoms. The van der Waals surface area contributed by atoms with Gasteiger partial charge in [0.1, 0.15) is 0 Å². The molecule has 1 atom stereocenters. The fourth-order valence-corrected chi connectivity index (χ4v) is 5.26. The van der Waals surface area contributed by atoms with Crippen LogP contribution in [0.3, 0.4) is 0 Å². The molecule has 1 aliphatic heterocycles. The van der Waals surface area contributed by atoms with Crippen molar-refractivity contribution in [3.05, 3.63) is 0 Å². The van der Waals surface area contributed by atoms with E-state index in [2.05, 4.69) is 10.6 Å². The van der Waals surface area contributed by atoms with Crippen LogP contribution in [0.5, 0.6) is 0 Å². The number of carbonyl (C=O) groups is 2. The van der Waals surface area contributed by atoms with Crippen LogP contribution in [0.4, 0.5) is 4.79 Å². The average Bonchev–Trinajstić information content (AvgIpc) is 2.84. The van der Waals surface area contributed by atoms with Crippen molar-refractivity contribution >= 4 is 12.0 Å².